The summed E-state index contributed by atoms with van der Waals surface area (Å²) >= 11 is 0. The van der Waals surface area contributed by atoms with E-state index in [0.717, 1.165) is 54.8 Å². The standard InChI is InChI=1S/C25H32N4O3/c30-24(15-19-16-26-21-10-4-3-9-20(19)21)29-13-6-5-11-22(29)25-27-23(28-32-25)12-14-31-17-18-7-1-2-8-18/h3-4,9-10,16,18,22,26H,1-2,5-8,11-15,17H2. The molecule has 1 N–H and O–H groups in total. The number of likely N-dealkylation sites (tertiary alicyclic amines) is 1. The molecule has 2 aliphatic rings. The second-order valence-corrected chi connectivity index (χ2v) is 9.16. The van der Waals surface area contributed by atoms with E-state index in [1.165, 1.54) is 25.7 Å². The summed E-state index contributed by atoms with van der Waals surface area (Å²) in [5.74, 6) is 2.05. The van der Waals surface area contributed by atoms with E-state index in [-0.39, 0.29) is 11.9 Å². The SMILES string of the molecule is O=C(Cc1c[nH]c2ccccc12)N1CCCCC1c1nc(CCOCC2CCCC2)no1. The van der Waals surface area contributed by atoms with Crippen LogP contribution in [0.25, 0.3) is 10.9 Å². The molecule has 1 aliphatic carbocycles. The van der Waals surface area contributed by atoms with Crippen LogP contribution in [0, 0.1) is 5.92 Å². The average molecular weight is 437 g/mol. The first-order valence-corrected chi connectivity index (χ1v) is 12.0. The summed E-state index contributed by atoms with van der Waals surface area (Å²) < 4.78 is 11.4. The number of para-hydroxylation sites is 1. The zero-order valence-electron chi connectivity index (χ0n) is 18.6. The molecule has 0 spiro atoms. The number of fused-ring (bicyclic) bond motifs is 1. The van der Waals surface area contributed by atoms with Gasteiger partial charge in [0.1, 0.15) is 6.04 Å². The van der Waals surface area contributed by atoms with Gasteiger partial charge in [0, 0.05) is 36.7 Å². The highest BCUT2D eigenvalue weighted by Crippen LogP contribution is 2.31. The molecule has 170 valence electrons. The third kappa shape index (κ3) is 4.72. The van der Waals surface area contributed by atoms with Crippen LogP contribution in [-0.2, 0) is 22.4 Å². The first-order valence-electron chi connectivity index (χ1n) is 12.0. The van der Waals surface area contributed by atoms with Crippen LogP contribution in [0.3, 0.4) is 0 Å². The zero-order valence-corrected chi connectivity index (χ0v) is 18.6. The minimum atomic E-state index is -0.137. The predicted octanol–water partition coefficient (Wildman–Crippen LogP) is 4.60. The maximum atomic E-state index is 13.2. The molecule has 1 unspecified atom stereocenters. The lowest BCUT2D eigenvalue weighted by molar-refractivity contribution is -0.135. The molecule has 7 heteroatoms. The van der Waals surface area contributed by atoms with Crippen LogP contribution < -0.4 is 0 Å². The lowest BCUT2D eigenvalue weighted by atomic mass is 10.0. The zero-order chi connectivity index (χ0) is 21.8. The minimum absolute atomic E-state index is 0.110. The monoisotopic (exact) mass is 436 g/mol. The minimum Gasteiger partial charge on any atom is -0.381 e. The molecular formula is C25H32N4O3. The molecule has 3 aromatic rings. The van der Waals surface area contributed by atoms with Crippen molar-refractivity contribution < 1.29 is 14.1 Å². The van der Waals surface area contributed by atoms with Crippen LogP contribution in [0.1, 0.15) is 68.3 Å². The summed E-state index contributed by atoms with van der Waals surface area (Å²) in [6.07, 6.45) is 11.1. The van der Waals surface area contributed by atoms with Crippen LogP contribution >= 0.6 is 0 Å². The summed E-state index contributed by atoms with van der Waals surface area (Å²) in [4.78, 5) is 23.1. The summed E-state index contributed by atoms with van der Waals surface area (Å²) in [5, 5.41) is 5.27. The Hall–Kier alpha value is -2.67. The van der Waals surface area contributed by atoms with Crippen LogP contribution in [0.5, 0.6) is 0 Å². The van der Waals surface area contributed by atoms with Crippen molar-refractivity contribution >= 4 is 16.8 Å². The Bertz CT molecular complexity index is 1040. The van der Waals surface area contributed by atoms with Crippen LogP contribution in [0.15, 0.2) is 35.0 Å². The van der Waals surface area contributed by atoms with Gasteiger partial charge in [-0.3, -0.25) is 4.79 Å². The van der Waals surface area contributed by atoms with Crippen molar-refractivity contribution in [3.63, 3.8) is 0 Å². The molecule has 32 heavy (non-hydrogen) atoms. The third-order valence-electron chi connectivity index (χ3n) is 6.91. The quantitative estimate of drug-likeness (QED) is 0.522. The Morgan fingerprint density at radius 3 is 2.91 bits per heavy atom. The number of aromatic amines is 1. The second kappa shape index (κ2) is 9.86. The van der Waals surface area contributed by atoms with Crippen molar-refractivity contribution in [2.24, 2.45) is 5.92 Å². The van der Waals surface area contributed by atoms with E-state index in [4.69, 9.17) is 9.26 Å². The molecule has 1 amide bonds. The molecule has 0 radical (unpaired) electrons. The largest absolute Gasteiger partial charge is 0.381 e. The Labute approximate surface area is 188 Å². The van der Waals surface area contributed by atoms with Crippen molar-refractivity contribution in [1.29, 1.82) is 0 Å². The molecule has 1 saturated heterocycles. The molecule has 1 atom stereocenters. The smallest absolute Gasteiger partial charge is 0.249 e. The molecule has 2 fully saturated rings. The van der Waals surface area contributed by atoms with Gasteiger partial charge in [-0.15, -0.1) is 0 Å². The molecule has 2 aromatic heterocycles. The van der Waals surface area contributed by atoms with Crippen molar-refractivity contribution in [2.45, 2.75) is 63.8 Å². The van der Waals surface area contributed by atoms with Gasteiger partial charge in [-0.05, 0) is 49.7 Å². The molecule has 3 heterocycles. The highest BCUT2D eigenvalue weighted by atomic mass is 16.5. The number of hydrogen-bond acceptors (Lipinski definition) is 5. The summed E-state index contributed by atoms with van der Waals surface area (Å²) in [5.41, 5.74) is 2.09. The average Bonchev–Trinajstić information content (AvgIpc) is 3.59. The third-order valence-corrected chi connectivity index (χ3v) is 6.91. The normalized spacial score (nSPS) is 19.8. The van der Waals surface area contributed by atoms with Crippen molar-refractivity contribution in [2.75, 3.05) is 19.8 Å². The number of carbonyl (C=O) groups is 1. The van der Waals surface area contributed by atoms with Gasteiger partial charge in [-0.2, -0.15) is 4.98 Å². The number of hydrogen-bond donors (Lipinski definition) is 1. The Morgan fingerprint density at radius 1 is 1.16 bits per heavy atom. The van der Waals surface area contributed by atoms with E-state index < -0.39 is 0 Å². The molecular weight excluding hydrogens is 404 g/mol. The number of benzene rings is 1. The molecule has 0 bridgehead atoms. The van der Waals surface area contributed by atoms with Crippen LogP contribution in [0.2, 0.25) is 0 Å². The van der Waals surface area contributed by atoms with E-state index in [1.54, 1.807) is 0 Å². The fraction of sp³-hybridized carbons (Fsp3) is 0.560. The highest BCUT2D eigenvalue weighted by Gasteiger charge is 2.32. The van der Waals surface area contributed by atoms with Crippen LogP contribution in [-0.4, -0.2) is 45.7 Å². The highest BCUT2D eigenvalue weighted by molar-refractivity contribution is 5.89. The predicted molar refractivity (Wildman–Crippen MR) is 121 cm³/mol. The number of piperidine rings is 1. The van der Waals surface area contributed by atoms with E-state index in [2.05, 4.69) is 21.2 Å². The lowest BCUT2D eigenvalue weighted by Crippen LogP contribution is -2.39. The lowest BCUT2D eigenvalue weighted by Gasteiger charge is -2.33. The summed E-state index contributed by atoms with van der Waals surface area (Å²) in [6, 6.07) is 7.96. The van der Waals surface area contributed by atoms with Gasteiger partial charge in [-0.25, -0.2) is 0 Å². The number of amides is 1. The van der Waals surface area contributed by atoms with Gasteiger partial charge >= 0.3 is 0 Å². The second-order valence-electron chi connectivity index (χ2n) is 9.16. The first kappa shape index (κ1) is 21.2. The summed E-state index contributed by atoms with van der Waals surface area (Å²) in [7, 11) is 0. The molecule has 1 aliphatic heterocycles. The number of rotatable bonds is 8. The number of ether oxygens (including phenoxy) is 1. The Morgan fingerprint density at radius 2 is 2.00 bits per heavy atom. The Balaban J connectivity index is 1.20. The van der Waals surface area contributed by atoms with E-state index in [1.807, 2.05) is 29.3 Å². The number of carbonyl (C=O) groups excluding carboxylic acids is 1. The van der Waals surface area contributed by atoms with E-state index >= 15 is 0 Å². The topological polar surface area (TPSA) is 84.2 Å². The fourth-order valence-electron chi connectivity index (χ4n) is 5.12. The van der Waals surface area contributed by atoms with Gasteiger partial charge < -0.3 is 19.1 Å². The summed E-state index contributed by atoms with van der Waals surface area (Å²) in [6.45, 7) is 2.18. The number of nitrogens with zero attached hydrogens (tertiary/aromatic N) is 3. The van der Waals surface area contributed by atoms with Crippen molar-refractivity contribution in [1.82, 2.24) is 20.0 Å². The maximum Gasteiger partial charge on any atom is 0.249 e. The van der Waals surface area contributed by atoms with Crippen molar-refractivity contribution in [3.8, 4) is 0 Å². The molecule has 1 saturated carbocycles. The van der Waals surface area contributed by atoms with Crippen LogP contribution in [0.4, 0.5) is 0 Å². The van der Waals surface area contributed by atoms with Gasteiger partial charge in [0.25, 0.3) is 0 Å². The number of aromatic nitrogens is 3. The molecule has 7 nitrogen and oxygen atoms in total. The van der Waals surface area contributed by atoms with Gasteiger partial charge in [-0.1, -0.05) is 36.2 Å². The fourth-order valence-corrected chi connectivity index (χ4v) is 5.12. The van der Waals surface area contributed by atoms with Gasteiger partial charge in [0.15, 0.2) is 5.82 Å². The number of nitrogens with one attached hydrogen (secondary N) is 1. The van der Waals surface area contributed by atoms with Gasteiger partial charge in [0.2, 0.25) is 11.8 Å². The Kier molecular flexibility index (Phi) is 6.53. The molecule has 5 rings (SSSR count). The first-order chi connectivity index (χ1) is 15.8. The van der Waals surface area contributed by atoms with E-state index in [9.17, 15) is 4.79 Å². The van der Waals surface area contributed by atoms with E-state index in [0.29, 0.717) is 31.2 Å². The molecule has 1 aromatic carbocycles. The van der Waals surface area contributed by atoms with Gasteiger partial charge in [0.05, 0.1) is 13.0 Å². The maximum absolute atomic E-state index is 13.2. The van der Waals surface area contributed by atoms with Crippen molar-refractivity contribution in [3.05, 3.63) is 47.7 Å². The number of H-pyrrole nitrogens is 1.